The SMILES string of the molecule is O=C(NCc1ccccc1)C1CC2(CO1)CN(Cc1nccs1)CCO2. The van der Waals surface area contributed by atoms with Crippen LogP contribution in [-0.4, -0.2) is 53.8 Å². The van der Waals surface area contributed by atoms with Gasteiger partial charge in [-0.1, -0.05) is 30.3 Å². The number of ether oxygens (including phenoxy) is 2. The lowest BCUT2D eigenvalue weighted by Crippen LogP contribution is -2.52. The number of thiazole rings is 1. The Balaban J connectivity index is 1.31. The van der Waals surface area contributed by atoms with Crippen LogP contribution in [0.2, 0.25) is 0 Å². The van der Waals surface area contributed by atoms with Gasteiger partial charge >= 0.3 is 0 Å². The molecule has 26 heavy (non-hydrogen) atoms. The highest BCUT2D eigenvalue weighted by Crippen LogP contribution is 2.32. The van der Waals surface area contributed by atoms with Gasteiger partial charge in [-0.2, -0.15) is 0 Å². The first kappa shape index (κ1) is 17.6. The minimum Gasteiger partial charge on any atom is -0.370 e. The van der Waals surface area contributed by atoms with Crippen molar-refractivity contribution in [3.05, 3.63) is 52.5 Å². The number of nitrogens with one attached hydrogen (secondary N) is 1. The van der Waals surface area contributed by atoms with Crippen LogP contribution < -0.4 is 5.32 Å². The molecule has 1 aromatic heterocycles. The van der Waals surface area contributed by atoms with Crippen molar-refractivity contribution in [3.8, 4) is 0 Å². The predicted octanol–water partition coefficient (Wildman–Crippen LogP) is 1.82. The fourth-order valence-corrected chi connectivity index (χ4v) is 4.22. The molecule has 1 spiro atoms. The zero-order valence-electron chi connectivity index (χ0n) is 14.6. The molecule has 2 unspecified atom stereocenters. The Morgan fingerprint density at radius 3 is 3.08 bits per heavy atom. The Labute approximate surface area is 157 Å². The second-order valence-corrected chi connectivity index (χ2v) is 7.85. The van der Waals surface area contributed by atoms with Gasteiger partial charge in [-0.15, -0.1) is 11.3 Å². The van der Waals surface area contributed by atoms with Crippen molar-refractivity contribution in [3.63, 3.8) is 0 Å². The Bertz CT molecular complexity index is 725. The van der Waals surface area contributed by atoms with E-state index >= 15 is 0 Å². The predicted molar refractivity (Wildman–Crippen MR) is 98.7 cm³/mol. The Kier molecular flexibility index (Phi) is 5.31. The maximum absolute atomic E-state index is 12.5. The van der Waals surface area contributed by atoms with Crippen molar-refractivity contribution >= 4 is 17.2 Å². The highest BCUT2D eigenvalue weighted by atomic mass is 32.1. The van der Waals surface area contributed by atoms with Crippen molar-refractivity contribution in [1.82, 2.24) is 15.2 Å². The van der Waals surface area contributed by atoms with Crippen LogP contribution in [-0.2, 0) is 27.4 Å². The number of nitrogens with zero attached hydrogens (tertiary/aromatic N) is 2. The summed E-state index contributed by atoms with van der Waals surface area (Å²) in [6.07, 6.45) is 1.99. The number of aromatic nitrogens is 1. The highest BCUT2D eigenvalue weighted by Gasteiger charge is 2.46. The van der Waals surface area contributed by atoms with Crippen LogP contribution in [0, 0.1) is 0 Å². The lowest BCUT2D eigenvalue weighted by Gasteiger charge is -2.39. The number of morpholine rings is 1. The summed E-state index contributed by atoms with van der Waals surface area (Å²) >= 11 is 1.67. The van der Waals surface area contributed by atoms with E-state index in [0.717, 1.165) is 30.2 Å². The van der Waals surface area contributed by atoms with Gasteiger partial charge in [-0.3, -0.25) is 9.69 Å². The summed E-state index contributed by atoms with van der Waals surface area (Å²) in [5.41, 5.74) is 0.696. The maximum atomic E-state index is 12.5. The third kappa shape index (κ3) is 4.12. The fraction of sp³-hybridized carbons (Fsp3) is 0.474. The lowest BCUT2D eigenvalue weighted by atomic mass is 9.97. The third-order valence-corrected chi connectivity index (χ3v) is 5.64. The second kappa shape index (κ2) is 7.84. The summed E-state index contributed by atoms with van der Waals surface area (Å²) in [5, 5.41) is 6.08. The van der Waals surface area contributed by atoms with Crippen LogP contribution in [0.5, 0.6) is 0 Å². The first-order valence-corrected chi connectivity index (χ1v) is 9.78. The molecular weight excluding hydrogens is 350 g/mol. The molecule has 1 aromatic carbocycles. The van der Waals surface area contributed by atoms with Gasteiger partial charge in [0.05, 0.1) is 19.8 Å². The number of carbonyl (C=O) groups excluding carboxylic acids is 1. The summed E-state index contributed by atoms with van der Waals surface area (Å²) < 4.78 is 11.9. The van der Waals surface area contributed by atoms with E-state index in [1.165, 1.54) is 0 Å². The Morgan fingerprint density at radius 2 is 2.27 bits per heavy atom. The first-order valence-electron chi connectivity index (χ1n) is 8.90. The molecule has 0 aliphatic carbocycles. The highest BCUT2D eigenvalue weighted by molar-refractivity contribution is 7.09. The van der Waals surface area contributed by atoms with Gasteiger partial charge in [0, 0.05) is 37.6 Å². The molecule has 138 valence electrons. The standard InChI is InChI=1S/C19H23N3O3S/c23-18(21-11-15-4-2-1-3-5-15)16-10-19(14-24-16)13-22(7-8-25-19)12-17-20-6-9-26-17/h1-6,9,16H,7-8,10-14H2,(H,21,23). The number of carbonyl (C=O) groups is 1. The van der Waals surface area contributed by atoms with E-state index in [9.17, 15) is 4.79 Å². The monoisotopic (exact) mass is 373 g/mol. The molecule has 0 saturated carbocycles. The Hall–Kier alpha value is -1.80. The lowest BCUT2D eigenvalue weighted by molar-refractivity contribution is -0.130. The topological polar surface area (TPSA) is 63.7 Å². The summed E-state index contributed by atoms with van der Waals surface area (Å²) in [5.74, 6) is -0.0635. The minimum atomic E-state index is -0.446. The fourth-order valence-electron chi connectivity index (χ4n) is 3.57. The van der Waals surface area contributed by atoms with Crippen molar-refractivity contribution in [2.45, 2.75) is 31.2 Å². The zero-order valence-corrected chi connectivity index (χ0v) is 15.4. The van der Waals surface area contributed by atoms with Gasteiger partial charge in [-0.25, -0.2) is 4.98 Å². The van der Waals surface area contributed by atoms with E-state index in [1.54, 1.807) is 11.3 Å². The molecule has 1 amide bonds. The van der Waals surface area contributed by atoms with Crippen LogP contribution in [0.15, 0.2) is 41.9 Å². The van der Waals surface area contributed by atoms with E-state index in [4.69, 9.17) is 9.47 Å². The van der Waals surface area contributed by atoms with Gasteiger partial charge in [0.1, 0.15) is 16.7 Å². The van der Waals surface area contributed by atoms with Crippen molar-refractivity contribution < 1.29 is 14.3 Å². The molecule has 6 nitrogen and oxygen atoms in total. The molecule has 7 heteroatoms. The van der Waals surface area contributed by atoms with Crippen LogP contribution in [0.4, 0.5) is 0 Å². The molecule has 2 atom stereocenters. The molecule has 2 fully saturated rings. The molecular formula is C19H23N3O3S. The van der Waals surface area contributed by atoms with Crippen LogP contribution in [0.1, 0.15) is 17.0 Å². The van der Waals surface area contributed by atoms with Crippen molar-refractivity contribution in [2.24, 2.45) is 0 Å². The molecule has 4 rings (SSSR count). The van der Waals surface area contributed by atoms with Crippen LogP contribution in [0.25, 0.3) is 0 Å². The summed E-state index contributed by atoms with van der Waals surface area (Å²) in [6, 6.07) is 9.90. The third-order valence-electron chi connectivity index (χ3n) is 4.88. The quantitative estimate of drug-likeness (QED) is 0.866. The number of hydrogen-bond donors (Lipinski definition) is 1. The summed E-state index contributed by atoms with van der Waals surface area (Å²) in [4.78, 5) is 19.2. The van der Waals surface area contributed by atoms with E-state index in [2.05, 4.69) is 15.2 Å². The zero-order chi connectivity index (χ0) is 17.8. The van der Waals surface area contributed by atoms with Gasteiger partial charge < -0.3 is 14.8 Å². The summed E-state index contributed by atoms with van der Waals surface area (Å²) in [6.45, 7) is 4.12. The largest absolute Gasteiger partial charge is 0.370 e. The molecule has 3 heterocycles. The van der Waals surface area contributed by atoms with Gasteiger partial charge in [0.25, 0.3) is 0 Å². The Morgan fingerprint density at radius 1 is 1.38 bits per heavy atom. The first-order chi connectivity index (χ1) is 12.7. The van der Waals surface area contributed by atoms with Gasteiger partial charge in [0.15, 0.2) is 0 Å². The van der Waals surface area contributed by atoms with Crippen LogP contribution >= 0.6 is 11.3 Å². The van der Waals surface area contributed by atoms with Gasteiger partial charge in [-0.05, 0) is 5.56 Å². The molecule has 2 aliphatic heterocycles. The maximum Gasteiger partial charge on any atom is 0.249 e. The number of rotatable bonds is 5. The van der Waals surface area contributed by atoms with Crippen LogP contribution in [0.3, 0.4) is 0 Å². The van der Waals surface area contributed by atoms with E-state index in [-0.39, 0.29) is 11.5 Å². The van der Waals surface area contributed by atoms with Crippen molar-refractivity contribution in [2.75, 3.05) is 26.3 Å². The van der Waals surface area contributed by atoms with E-state index < -0.39 is 6.10 Å². The molecule has 2 saturated heterocycles. The normalized spacial score (nSPS) is 26.2. The smallest absolute Gasteiger partial charge is 0.249 e. The number of benzene rings is 1. The average Bonchev–Trinajstić information content (AvgIpc) is 3.31. The molecule has 2 aliphatic rings. The second-order valence-electron chi connectivity index (χ2n) is 6.88. The molecule has 0 radical (unpaired) electrons. The van der Waals surface area contributed by atoms with Crippen molar-refractivity contribution in [1.29, 1.82) is 0 Å². The van der Waals surface area contributed by atoms with Gasteiger partial charge in [0.2, 0.25) is 5.91 Å². The molecule has 2 aromatic rings. The number of hydrogen-bond acceptors (Lipinski definition) is 6. The van der Waals surface area contributed by atoms with E-state index in [0.29, 0.717) is 26.2 Å². The summed E-state index contributed by atoms with van der Waals surface area (Å²) in [7, 11) is 0. The van der Waals surface area contributed by atoms with E-state index in [1.807, 2.05) is 41.9 Å². The molecule has 0 bridgehead atoms. The molecule has 1 N–H and O–H groups in total. The minimum absolute atomic E-state index is 0.0635. The number of amides is 1. The average molecular weight is 373 g/mol.